The summed E-state index contributed by atoms with van der Waals surface area (Å²) >= 11 is 1.13. The van der Waals surface area contributed by atoms with Crippen molar-refractivity contribution in [2.24, 2.45) is 0 Å². The van der Waals surface area contributed by atoms with Crippen LogP contribution in [0.3, 0.4) is 0 Å². The summed E-state index contributed by atoms with van der Waals surface area (Å²) in [7, 11) is 1.62. The number of aryl methyl sites for hydroxylation is 1. The number of methoxy groups -OCH3 is 1. The smallest absolute Gasteiger partial charge is 0.260 e. The molecule has 2 heterocycles. The van der Waals surface area contributed by atoms with Gasteiger partial charge in [-0.2, -0.15) is 9.36 Å². The van der Waals surface area contributed by atoms with Crippen LogP contribution in [0.2, 0.25) is 0 Å². The van der Waals surface area contributed by atoms with E-state index in [1.807, 2.05) is 38.1 Å². The topological polar surface area (TPSA) is 89.9 Å². The van der Waals surface area contributed by atoms with E-state index in [-0.39, 0.29) is 11.8 Å². The van der Waals surface area contributed by atoms with Gasteiger partial charge in [0, 0.05) is 23.3 Å². The van der Waals surface area contributed by atoms with Gasteiger partial charge in [-0.05, 0) is 37.1 Å². The molecule has 0 spiro atoms. The summed E-state index contributed by atoms with van der Waals surface area (Å²) in [5.74, 6) is 1.78. The molecule has 2 aromatic heterocycles. The lowest BCUT2D eigenvalue weighted by molar-refractivity contribution is 0.102. The molecule has 134 valence electrons. The molecule has 0 bridgehead atoms. The number of hydrogen-bond donors (Lipinski definition) is 1. The summed E-state index contributed by atoms with van der Waals surface area (Å²) in [6, 6.07) is 7.43. The molecule has 0 atom stereocenters. The lowest BCUT2D eigenvalue weighted by Gasteiger charge is -2.10. The van der Waals surface area contributed by atoms with E-state index in [0.29, 0.717) is 22.3 Å². The average Bonchev–Trinajstić information content (AvgIpc) is 3.10. The van der Waals surface area contributed by atoms with Gasteiger partial charge in [-0.1, -0.05) is 13.8 Å². The SMILES string of the molecule is COc1ccc(-c2nsc(NC(=O)c3cnc(C)nc3C(C)C)n2)cc1. The van der Waals surface area contributed by atoms with Crippen LogP contribution in [0.25, 0.3) is 11.4 Å². The molecule has 0 aliphatic heterocycles. The summed E-state index contributed by atoms with van der Waals surface area (Å²) in [4.78, 5) is 25.5. The van der Waals surface area contributed by atoms with Gasteiger partial charge in [0.25, 0.3) is 5.91 Å². The minimum Gasteiger partial charge on any atom is -0.497 e. The van der Waals surface area contributed by atoms with Crippen molar-refractivity contribution in [1.82, 2.24) is 19.3 Å². The molecule has 3 aromatic rings. The van der Waals surface area contributed by atoms with E-state index in [9.17, 15) is 4.79 Å². The Morgan fingerprint density at radius 2 is 1.92 bits per heavy atom. The Bertz CT molecular complexity index is 922. The van der Waals surface area contributed by atoms with Crippen LogP contribution < -0.4 is 10.1 Å². The number of benzene rings is 1. The zero-order valence-electron chi connectivity index (χ0n) is 15.0. The van der Waals surface area contributed by atoms with Crippen LogP contribution in [0, 0.1) is 6.92 Å². The summed E-state index contributed by atoms with van der Waals surface area (Å²) in [5.41, 5.74) is 2.02. The van der Waals surface area contributed by atoms with Gasteiger partial charge >= 0.3 is 0 Å². The van der Waals surface area contributed by atoms with Crippen LogP contribution in [0.5, 0.6) is 5.75 Å². The second-order valence-electron chi connectivity index (χ2n) is 5.98. The highest BCUT2D eigenvalue weighted by Crippen LogP contribution is 2.24. The molecule has 0 aliphatic carbocycles. The van der Waals surface area contributed by atoms with Crippen molar-refractivity contribution >= 4 is 22.6 Å². The van der Waals surface area contributed by atoms with E-state index in [1.54, 1.807) is 20.2 Å². The first kappa shape index (κ1) is 17.9. The second kappa shape index (κ2) is 7.57. The molecule has 1 N–H and O–H groups in total. The Kier molecular flexibility index (Phi) is 5.22. The number of carbonyl (C=O) groups is 1. The third kappa shape index (κ3) is 3.85. The molecule has 0 saturated carbocycles. The first-order chi connectivity index (χ1) is 12.5. The fraction of sp³-hybridized carbons (Fsp3) is 0.278. The van der Waals surface area contributed by atoms with Gasteiger partial charge < -0.3 is 4.74 Å². The van der Waals surface area contributed by atoms with Crippen molar-refractivity contribution in [1.29, 1.82) is 0 Å². The molecular weight excluding hydrogens is 350 g/mol. The molecule has 1 aromatic carbocycles. The predicted molar refractivity (Wildman–Crippen MR) is 101 cm³/mol. The fourth-order valence-electron chi connectivity index (χ4n) is 2.40. The number of nitrogens with zero attached hydrogens (tertiary/aromatic N) is 4. The Morgan fingerprint density at radius 3 is 2.58 bits per heavy atom. The summed E-state index contributed by atoms with van der Waals surface area (Å²) in [6.07, 6.45) is 1.55. The minimum absolute atomic E-state index is 0.113. The van der Waals surface area contributed by atoms with Crippen molar-refractivity contribution in [3.63, 3.8) is 0 Å². The third-order valence-electron chi connectivity index (χ3n) is 3.72. The molecule has 26 heavy (non-hydrogen) atoms. The maximum atomic E-state index is 12.6. The molecule has 1 amide bonds. The van der Waals surface area contributed by atoms with E-state index in [0.717, 1.165) is 28.5 Å². The number of amides is 1. The number of rotatable bonds is 5. The molecule has 7 nitrogen and oxygen atoms in total. The minimum atomic E-state index is -0.286. The van der Waals surface area contributed by atoms with Crippen molar-refractivity contribution in [3.8, 4) is 17.1 Å². The first-order valence-corrected chi connectivity index (χ1v) is 8.88. The van der Waals surface area contributed by atoms with Crippen LogP contribution in [0.1, 0.15) is 41.6 Å². The van der Waals surface area contributed by atoms with Crippen LogP contribution in [0.4, 0.5) is 5.13 Å². The van der Waals surface area contributed by atoms with Crippen molar-refractivity contribution in [2.45, 2.75) is 26.7 Å². The number of nitrogens with one attached hydrogen (secondary N) is 1. The average molecular weight is 369 g/mol. The molecule has 0 unspecified atom stereocenters. The zero-order valence-corrected chi connectivity index (χ0v) is 15.8. The number of anilines is 1. The lowest BCUT2D eigenvalue weighted by Crippen LogP contribution is -2.17. The van der Waals surface area contributed by atoms with Crippen molar-refractivity contribution in [2.75, 3.05) is 12.4 Å². The summed E-state index contributed by atoms with van der Waals surface area (Å²) < 4.78 is 9.45. The quantitative estimate of drug-likeness (QED) is 0.738. The molecule has 3 rings (SSSR count). The zero-order chi connectivity index (χ0) is 18.7. The normalized spacial score (nSPS) is 10.8. The van der Waals surface area contributed by atoms with Crippen molar-refractivity contribution < 1.29 is 9.53 Å². The van der Waals surface area contributed by atoms with Crippen LogP contribution >= 0.6 is 11.5 Å². The monoisotopic (exact) mass is 369 g/mol. The number of aromatic nitrogens is 4. The number of carbonyl (C=O) groups excluding carboxylic acids is 1. The Morgan fingerprint density at radius 1 is 1.19 bits per heavy atom. The number of hydrogen-bond acceptors (Lipinski definition) is 7. The molecule has 0 radical (unpaired) electrons. The fourth-order valence-corrected chi connectivity index (χ4v) is 2.98. The molecule has 0 aliphatic rings. The van der Waals surface area contributed by atoms with Gasteiger partial charge in [-0.25, -0.2) is 9.97 Å². The molecule has 0 saturated heterocycles. The van der Waals surface area contributed by atoms with Gasteiger partial charge in [0.05, 0.1) is 18.4 Å². The molecule has 0 fully saturated rings. The van der Waals surface area contributed by atoms with Crippen LogP contribution in [-0.4, -0.2) is 32.3 Å². The highest BCUT2D eigenvalue weighted by atomic mass is 32.1. The maximum absolute atomic E-state index is 12.6. The summed E-state index contributed by atoms with van der Waals surface area (Å²) in [6.45, 7) is 5.79. The van der Waals surface area contributed by atoms with Gasteiger partial charge in [-0.15, -0.1) is 0 Å². The lowest BCUT2D eigenvalue weighted by atomic mass is 10.0. The first-order valence-electron chi connectivity index (χ1n) is 8.11. The van der Waals surface area contributed by atoms with E-state index < -0.39 is 0 Å². The van der Waals surface area contributed by atoms with Crippen molar-refractivity contribution in [3.05, 3.63) is 47.5 Å². The van der Waals surface area contributed by atoms with Gasteiger partial charge in [0.15, 0.2) is 5.82 Å². The van der Waals surface area contributed by atoms with E-state index in [1.165, 1.54) is 0 Å². The standard InChI is InChI=1S/C18H19N5O2S/c1-10(2)15-14(9-19-11(3)20-15)17(24)22-18-21-16(23-26-18)12-5-7-13(25-4)8-6-12/h5-10H,1-4H3,(H,21,22,23,24). The van der Waals surface area contributed by atoms with Crippen LogP contribution in [-0.2, 0) is 0 Å². The van der Waals surface area contributed by atoms with Crippen LogP contribution in [0.15, 0.2) is 30.5 Å². The highest BCUT2D eigenvalue weighted by molar-refractivity contribution is 7.10. The largest absolute Gasteiger partial charge is 0.497 e. The van der Waals surface area contributed by atoms with E-state index in [2.05, 4.69) is 24.6 Å². The highest BCUT2D eigenvalue weighted by Gasteiger charge is 2.18. The van der Waals surface area contributed by atoms with E-state index in [4.69, 9.17) is 4.74 Å². The van der Waals surface area contributed by atoms with Gasteiger partial charge in [0.1, 0.15) is 11.6 Å². The maximum Gasteiger partial charge on any atom is 0.260 e. The second-order valence-corrected chi connectivity index (χ2v) is 6.73. The predicted octanol–water partition coefficient (Wildman–Crippen LogP) is 3.69. The Balaban J connectivity index is 1.80. The summed E-state index contributed by atoms with van der Waals surface area (Å²) in [5, 5.41) is 3.21. The Hall–Kier alpha value is -2.87. The Labute approximate surface area is 155 Å². The number of ether oxygens (including phenoxy) is 1. The third-order valence-corrected chi connectivity index (χ3v) is 4.36. The molecule has 8 heteroatoms. The molecular formula is C18H19N5O2S. The van der Waals surface area contributed by atoms with E-state index >= 15 is 0 Å². The van der Waals surface area contributed by atoms with Gasteiger partial charge in [-0.3, -0.25) is 10.1 Å². The van der Waals surface area contributed by atoms with Gasteiger partial charge in [0.2, 0.25) is 5.13 Å².